The molecule has 2 aromatic rings. The van der Waals surface area contributed by atoms with Crippen molar-refractivity contribution in [1.82, 2.24) is 10.1 Å². The second-order valence-electron chi connectivity index (χ2n) is 3.15. The fraction of sp³-hybridized carbons (Fsp3) is 0.100. The third-order valence-corrected chi connectivity index (χ3v) is 2.04. The predicted octanol–water partition coefficient (Wildman–Crippen LogP) is 2.28. The highest BCUT2D eigenvalue weighted by molar-refractivity contribution is 6.30. The number of nitrogens with one attached hydrogen (secondary N) is 1. The molecular weight excluding hydrogens is 230 g/mol. The lowest BCUT2D eigenvalue weighted by Gasteiger charge is -2.00. The lowest BCUT2D eigenvalue weighted by Crippen LogP contribution is -2.11. The fourth-order valence-corrected chi connectivity index (χ4v) is 1.21. The molecule has 5 nitrogen and oxygen atoms in total. The first-order chi connectivity index (χ1) is 7.65. The van der Waals surface area contributed by atoms with Crippen LogP contribution >= 0.6 is 11.6 Å². The van der Waals surface area contributed by atoms with Crippen LogP contribution in [0.3, 0.4) is 0 Å². The summed E-state index contributed by atoms with van der Waals surface area (Å²) in [7, 11) is 0. The first-order valence-corrected chi connectivity index (χ1v) is 4.89. The van der Waals surface area contributed by atoms with Gasteiger partial charge in [0.15, 0.2) is 0 Å². The molecule has 0 spiro atoms. The molecule has 0 saturated heterocycles. The molecular formula is C10H8ClN3O2. The fourth-order valence-electron chi connectivity index (χ4n) is 1.10. The Kier molecular flexibility index (Phi) is 2.87. The summed E-state index contributed by atoms with van der Waals surface area (Å²) >= 11 is 5.66. The Bertz CT molecular complexity index is 507. The summed E-state index contributed by atoms with van der Waals surface area (Å²) in [6.45, 7) is 1.74. The zero-order valence-electron chi connectivity index (χ0n) is 8.40. The summed E-state index contributed by atoms with van der Waals surface area (Å²) in [5, 5.41) is 6.68. The van der Waals surface area contributed by atoms with E-state index >= 15 is 0 Å². The van der Waals surface area contributed by atoms with Crippen molar-refractivity contribution in [3.8, 4) is 0 Å². The Morgan fingerprint density at radius 3 is 2.88 bits per heavy atom. The number of anilines is 1. The molecule has 2 rings (SSSR count). The Morgan fingerprint density at radius 1 is 1.50 bits per heavy atom. The molecule has 82 valence electrons. The van der Waals surface area contributed by atoms with Crippen molar-refractivity contribution in [3.63, 3.8) is 0 Å². The van der Waals surface area contributed by atoms with Crippen LogP contribution in [0.15, 0.2) is 28.9 Å². The Labute approximate surface area is 96.4 Å². The second-order valence-corrected chi connectivity index (χ2v) is 3.58. The number of rotatable bonds is 2. The minimum Gasteiger partial charge on any atom is -0.351 e. The van der Waals surface area contributed by atoms with Gasteiger partial charge in [-0.2, -0.15) is 0 Å². The lowest BCUT2D eigenvalue weighted by atomic mass is 10.3. The van der Waals surface area contributed by atoms with E-state index in [0.717, 1.165) is 0 Å². The van der Waals surface area contributed by atoms with Gasteiger partial charge in [0.05, 0.1) is 10.7 Å². The zero-order chi connectivity index (χ0) is 11.5. The molecule has 0 fully saturated rings. The molecule has 0 aliphatic rings. The smallest absolute Gasteiger partial charge is 0.295 e. The van der Waals surface area contributed by atoms with Crippen LogP contribution in [-0.4, -0.2) is 16.0 Å². The SMILES string of the molecule is Cc1cc(C(=O)Nc2ccc(Cl)cn2)on1. The number of hydrogen-bond donors (Lipinski definition) is 1. The predicted molar refractivity (Wildman–Crippen MR) is 58.4 cm³/mol. The van der Waals surface area contributed by atoms with E-state index in [-0.39, 0.29) is 5.76 Å². The Balaban J connectivity index is 2.10. The van der Waals surface area contributed by atoms with Gasteiger partial charge in [-0.1, -0.05) is 16.8 Å². The van der Waals surface area contributed by atoms with Crippen LogP contribution < -0.4 is 5.32 Å². The largest absolute Gasteiger partial charge is 0.351 e. The van der Waals surface area contributed by atoms with E-state index in [0.29, 0.717) is 16.5 Å². The normalized spacial score (nSPS) is 10.1. The first kappa shape index (κ1) is 10.6. The molecule has 0 atom stereocenters. The zero-order valence-corrected chi connectivity index (χ0v) is 9.15. The second kappa shape index (κ2) is 4.32. The van der Waals surface area contributed by atoms with Crippen molar-refractivity contribution in [3.05, 3.63) is 40.9 Å². The number of aromatic nitrogens is 2. The van der Waals surface area contributed by atoms with Gasteiger partial charge >= 0.3 is 0 Å². The molecule has 0 radical (unpaired) electrons. The number of amides is 1. The van der Waals surface area contributed by atoms with Crippen LogP contribution in [0.2, 0.25) is 5.02 Å². The average Bonchev–Trinajstić information content (AvgIpc) is 2.68. The van der Waals surface area contributed by atoms with E-state index in [1.165, 1.54) is 6.20 Å². The summed E-state index contributed by atoms with van der Waals surface area (Å²) in [6.07, 6.45) is 1.45. The maximum absolute atomic E-state index is 11.6. The van der Waals surface area contributed by atoms with Crippen molar-refractivity contribution in [1.29, 1.82) is 0 Å². The average molecular weight is 238 g/mol. The molecule has 0 saturated carbocycles. The standard InChI is InChI=1S/C10H8ClN3O2/c1-6-4-8(16-14-6)10(15)13-9-3-2-7(11)5-12-9/h2-5H,1H3,(H,12,13,15). The van der Waals surface area contributed by atoms with Crippen molar-refractivity contribution in [2.24, 2.45) is 0 Å². The molecule has 1 N–H and O–H groups in total. The molecule has 1 amide bonds. The quantitative estimate of drug-likeness (QED) is 0.870. The summed E-state index contributed by atoms with van der Waals surface area (Å²) in [5.41, 5.74) is 0.647. The number of nitrogens with zero attached hydrogens (tertiary/aromatic N) is 2. The van der Waals surface area contributed by atoms with Gasteiger partial charge in [-0.3, -0.25) is 4.79 Å². The number of carbonyl (C=O) groups is 1. The highest BCUT2D eigenvalue weighted by atomic mass is 35.5. The van der Waals surface area contributed by atoms with Gasteiger partial charge < -0.3 is 9.84 Å². The number of carbonyl (C=O) groups excluding carboxylic acids is 1. The number of aryl methyl sites for hydroxylation is 1. The van der Waals surface area contributed by atoms with Crippen molar-refractivity contribution < 1.29 is 9.32 Å². The highest BCUT2D eigenvalue weighted by Crippen LogP contribution is 2.11. The third-order valence-electron chi connectivity index (χ3n) is 1.82. The van der Waals surface area contributed by atoms with Crippen LogP contribution in [-0.2, 0) is 0 Å². The van der Waals surface area contributed by atoms with Crippen LogP contribution in [0.5, 0.6) is 0 Å². The van der Waals surface area contributed by atoms with Crippen molar-refractivity contribution in [2.75, 3.05) is 5.32 Å². The molecule has 2 heterocycles. The monoisotopic (exact) mass is 237 g/mol. The Morgan fingerprint density at radius 2 is 2.31 bits per heavy atom. The molecule has 0 unspecified atom stereocenters. The van der Waals surface area contributed by atoms with Crippen molar-refractivity contribution >= 4 is 23.3 Å². The van der Waals surface area contributed by atoms with E-state index in [2.05, 4.69) is 15.5 Å². The van der Waals surface area contributed by atoms with Crippen molar-refractivity contribution in [2.45, 2.75) is 6.92 Å². The molecule has 0 bridgehead atoms. The minimum atomic E-state index is -0.393. The molecule has 6 heteroatoms. The van der Waals surface area contributed by atoms with Crippen LogP contribution in [0, 0.1) is 6.92 Å². The van der Waals surface area contributed by atoms with Gasteiger partial charge in [0, 0.05) is 12.3 Å². The van der Waals surface area contributed by atoms with E-state index < -0.39 is 5.91 Å². The summed E-state index contributed by atoms with van der Waals surface area (Å²) in [4.78, 5) is 15.5. The van der Waals surface area contributed by atoms with Gasteiger partial charge in [-0.15, -0.1) is 0 Å². The van der Waals surface area contributed by atoms with Gasteiger partial charge in [0.2, 0.25) is 5.76 Å². The van der Waals surface area contributed by atoms with E-state index in [1.807, 2.05) is 0 Å². The van der Waals surface area contributed by atoms with Crippen LogP contribution in [0.4, 0.5) is 5.82 Å². The molecule has 0 aliphatic heterocycles. The lowest BCUT2D eigenvalue weighted by molar-refractivity contribution is 0.0987. The Hall–Kier alpha value is -1.88. The maximum Gasteiger partial charge on any atom is 0.295 e. The van der Waals surface area contributed by atoms with Gasteiger partial charge in [-0.25, -0.2) is 4.98 Å². The number of hydrogen-bond acceptors (Lipinski definition) is 4. The maximum atomic E-state index is 11.6. The highest BCUT2D eigenvalue weighted by Gasteiger charge is 2.11. The minimum absolute atomic E-state index is 0.147. The van der Waals surface area contributed by atoms with E-state index in [9.17, 15) is 4.79 Å². The number of pyridine rings is 1. The van der Waals surface area contributed by atoms with Gasteiger partial charge in [0.25, 0.3) is 5.91 Å². The van der Waals surface area contributed by atoms with E-state index in [4.69, 9.17) is 16.1 Å². The topological polar surface area (TPSA) is 68.0 Å². The molecule has 16 heavy (non-hydrogen) atoms. The summed E-state index contributed by atoms with van der Waals surface area (Å²) in [5.74, 6) is 0.160. The number of halogens is 1. The molecule has 0 aromatic carbocycles. The summed E-state index contributed by atoms with van der Waals surface area (Å²) < 4.78 is 4.81. The first-order valence-electron chi connectivity index (χ1n) is 4.51. The van der Waals surface area contributed by atoms with Gasteiger partial charge in [0.1, 0.15) is 5.82 Å². The van der Waals surface area contributed by atoms with Gasteiger partial charge in [-0.05, 0) is 19.1 Å². The van der Waals surface area contributed by atoms with Crippen LogP contribution in [0.25, 0.3) is 0 Å². The van der Waals surface area contributed by atoms with Crippen LogP contribution in [0.1, 0.15) is 16.2 Å². The molecule has 0 aliphatic carbocycles. The molecule has 2 aromatic heterocycles. The van der Waals surface area contributed by atoms with E-state index in [1.54, 1.807) is 25.1 Å². The third kappa shape index (κ3) is 2.38. The summed E-state index contributed by atoms with van der Waals surface area (Å²) in [6, 6.07) is 4.78.